The number of halogens is 1. The zero-order valence-electron chi connectivity index (χ0n) is 9.95. The number of carbonyl (C=O) groups is 1. The molecule has 0 aromatic heterocycles. The highest BCUT2D eigenvalue weighted by Gasteiger charge is 2.03. The first kappa shape index (κ1) is 14.3. The summed E-state index contributed by atoms with van der Waals surface area (Å²) in [7, 11) is 0. The van der Waals surface area contributed by atoms with Crippen molar-refractivity contribution < 1.29 is 4.79 Å². The highest BCUT2D eigenvalue weighted by atomic mass is 79.9. The first-order valence-corrected chi connectivity index (χ1v) is 6.28. The zero-order valence-corrected chi connectivity index (χ0v) is 11.5. The molecule has 1 aromatic carbocycles. The lowest BCUT2D eigenvalue weighted by molar-refractivity contribution is 0.0954. The molecule has 0 saturated carbocycles. The Bertz CT molecular complexity index is 440. The van der Waals surface area contributed by atoms with Crippen LogP contribution < -0.4 is 16.4 Å². The third kappa shape index (κ3) is 5.05. The van der Waals surface area contributed by atoms with E-state index in [-0.39, 0.29) is 5.91 Å². The second kappa shape index (κ2) is 7.55. The molecule has 18 heavy (non-hydrogen) atoms. The number of amides is 1. The molecule has 1 rings (SSSR count). The quantitative estimate of drug-likeness (QED) is 0.754. The third-order valence-corrected chi connectivity index (χ3v) is 2.72. The number of carbonyl (C=O) groups excluding carboxylic acids is 1. The van der Waals surface area contributed by atoms with Crippen molar-refractivity contribution in [2.45, 2.75) is 6.42 Å². The van der Waals surface area contributed by atoms with Crippen molar-refractivity contribution in [3.63, 3.8) is 0 Å². The fourth-order valence-electron chi connectivity index (χ4n) is 1.26. The molecular weight excluding hydrogens is 294 g/mol. The Morgan fingerprint density at radius 1 is 1.39 bits per heavy atom. The van der Waals surface area contributed by atoms with E-state index >= 15 is 0 Å². The van der Waals surface area contributed by atoms with Gasteiger partial charge in [0.05, 0.1) is 0 Å². The number of benzene rings is 1. The van der Waals surface area contributed by atoms with Crippen molar-refractivity contribution in [3.8, 4) is 0 Å². The SMILES string of the molecule is C=CN/C=C(\N)CCNC(=O)c1ccc(Br)cc1. The van der Waals surface area contributed by atoms with E-state index in [9.17, 15) is 4.79 Å². The summed E-state index contributed by atoms with van der Waals surface area (Å²) in [6, 6.07) is 7.18. The average Bonchev–Trinajstić information content (AvgIpc) is 2.37. The molecular formula is C13H16BrN3O. The van der Waals surface area contributed by atoms with Gasteiger partial charge < -0.3 is 16.4 Å². The molecule has 0 spiro atoms. The molecule has 0 aliphatic carbocycles. The van der Waals surface area contributed by atoms with Gasteiger partial charge >= 0.3 is 0 Å². The van der Waals surface area contributed by atoms with E-state index in [4.69, 9.17) is 5.73 Å². The Morgan fingerprint density at radius 3 is 2.67 bits per heavy atom. The number of hydrogen-bond acceptors (Lipinski definition) is 3. The van der Waals surface area contributed by atoms with E-state index in [1.807, 2.05) is 12.1 Å². The van der Waals surface area contributed by atoms with Gasteiger partial charge in [-0.05, 0) is 30.5 Å². The van der Waals surface area contributed by atoms with Crippen molar-refractivity contribution in [1.82, 2.24) is 10.6 Å². The van der Waals surface area contributed by atoms with Gasteiger partial charge in [-0.15, -0.1) is 0 Å². The van der Waals surface area contributed by atoms with Crippen LogP contribution in [0.15, 0.2) is 53.4 Å². The number of nitrogens with two attached hydrogens (primary N) is 1. The molecule has 0 aliphatic rings. The van der Waals surface area contributed by atoms with Crippen molar-refractivity contribution in [1.29, 1.82) is 0 Å². The lowest BCUT2D eigenvalue weighted by Gasteiger charge is -2.05. The van der Waals surface area contributed by atoms with Crippen LogP contribution in [0.3, 0.4) is 0 Å². The van der Waals surface area contributed by atoms with Gasteiger partial charge in [0.25, 0.3) is 5.91 Å². The summed E-state index contributed by atoms with van der Waals surface area (Å²) in [6.45, 7) is 4.00. The molecule has 1 amide bonds. The summed E-state index contributed by atoms with van der Waals surface area (Å²) in [5.41, 5.74) is 6.99. The Morgan fingerprint density at radius 2 is 2.06 bits per heavy atom. The molecule has 5 heteroatoms. The van der Waals surface area contributed by atoms with Gasteiger partial charge in [0.1, 0.15) is 0 Å². The summed E-state index contributed by atoms with van der Waals surface area (Å²) in [5.74, 6) is -0.105. The van der Waals surface area contributed by atoms with Crippen LogP contribution in [0.25, 0.3) is 0 Å². The van der Waals surface area contributed by atoms with E-state index in [0.29, 0.717) is 24.2 Å². The highest BCUT2D eigenvalue weighted by molar-refractivity contribution is 9.10. The summed E-state index contributed by atoms with van der Waals surface area (Å²) < 4.78 is 0.946. The van der Waals surface area contributed by atoms with E-state index in [1.54, 1.807) is 18.3 Å². The molecule has 0 fully saturated rings. The van der Waals surface area contributed by atoms with Gasteiger partial charge in [-0.25, -0.2) is 0 Å². The topological polar surface area (TPSA) is 67.2 Å². The van der Waals surface area contributed by atoms with Crippen LogP contribution in [0.2, 0.25) is 0 Å². The Hall–Kier alpha value is -1.75. The fourth-order valence-corrected chi connectivity index (χ4v) is 1.53. The molecule has 0 heterocycles. The number of hydrogen-bond donors (Lipinski definition) is 3. The lowest BCUT2D eigenvalue weighted by Crippen LogP contribution is -2.25. The molecule has 4 N–H and O–H groups in total. The summed E-state index contributed by atoms with van der Waals surface area (Å²) in [4.78, 5) is 11.7. The van der Waals surface area contributed by atoms with Crippen LogP contribution in [0.4, 0.5) is 0 Å². The van der Waals surface area contributed by atoms with E-state index < -0.39 is 0 Å². The van der Waals surface area contributed by atoms with Crippen molar-refractivity contribution in [2.75, 3.05) is 6.54 Å². The zero-order chi connectivity index (χ0) is 13.4. The standard InChI is InChI=1S/C13H16BrN3O/c1-2-16-9-12(15)7-8-17-13(18)10-3-5-11(14)6-4-10/h2-6,9,16H,1,7-8,15H2,(H,17,18)/b12-9-. The minimum Gasteiger partial charge on any atom is -0.401 e. The predicted octanol–water partition coefficient (Wildman–Crippen LogP) is 2.10. The third-order valence-electron chi connectivity index (χ3n) is 2.19. The van der Waals surface area contributed by atoms with Crippen LogP contribution in [-0.4, -0.2) is 12.5 Å². The van der Waals surface area contributed by atoms with Crippen LogP contribution in [0.1, 0.15) is 16.8 Å². The summed E-state index contributed by atoms with van der Waals surface area (Å²) >= 11 is 3.32. The smallest absolute Gasteiger partial charge is 0.251 e. The minimum absolute atomic E-state index is 0.105. The van der Waals surface area contributed by atoms with Gasteiger partial charge in [-0.1, -0.05) is 22.5 Å². The molecule has 0 aliphatic heterocycles. The van der Waals surface area contributed by atoms with E-state index in [2.05, 4.69) is 33.1 Å². The average molecular weight is 310 g/mol. The minimum atomic E-state index is -0.105. The number of nitrogens with one attached hydrogen (secondary N) is 2. The molecule has 96 valence electrons. The molecule has 1 aromatic rings. The maximum Gasteiger partial charge on any atom is 0.251 e. The van der Waals surface area contributed by atoms with Gasteiger partial charge in [-0.2, -0.15) is 0 Å². The Kier molecular flexibility index (Phi) is 6.00. The van der Waals surface area contributed by atoms with Crippen molar-refractivity contribution in [2.24, 2.45) is 5.73 Å². The molecule has 0 unspecified atom stereocenters. The fraction of sp³-hybridized carbons (Fsp3) is 0.154. The largest absolute Gasteiger partial charge is 0.401 e. The molecule has 0 bridgehead atoms. The van der Waals surface area contributed by atoms with Crippen molar-refractivity contribution in [3.05, 3.63) is 59.0 Å². The second-order valence-corrected chi connectivity index (χ2v) is 4.52. The van der Waals surface area contributed by atoms with Crippen LogP contribution in [0, 0.1) is 0 Å². The first-order valence-electron chi connectivity index (χ1n) is 5.48. The molecule has 0 radical (unpaired) electrons. The maximum absolute atomic E-state index is 11.7. The monoisotopic (exact) mass is 309 g/mol. The van der Waals surface area contributed by atoms with Gasteiger partial charge in [0.15, 0.2) is 0 Å². The van der Waals surface area contributed by atoms with Crippen LogP contribution >= 0.6 is 15.9 Å². The van der Waals surface area contributed by atoms with E-state index in [1.165, 1.54) is 6.20 Å². The van der Waals surface area contributed by atoms with Gasteiger partial charge in [-0.3, -0.25) is 4.79 Å². The maximum atomic E-state index is 11.7. The molecule has 4 nitrogen and oxygen atoms in total. The van der Waals surface area contributed by atoms with Crippen LogP contribution in [0.5, 0.6) is 0 Å². The molecule has 0 atom stereocenters. The first-order chi connectivity index (χ1) is 8.63. The summed E-state index contributed by atoms with van der Waals surface area (Å²) in [6.07, 6.45) is 3.77. The van der Waals surface area contributed by atoms with Gasteiger partial charge in [0, 0.05) is 34.9 Å². The predicted molar refractivity (Wildman–Crippen MR) is 76.7 cm³/mol. The molecule has 0 saturated heterocycles. The lowest BCUT2D eigenvalue weighted by atomic mass is 10.2. The number of rotatable bonds is 6. The summed E-state index contributed by atoms with van der Waals surface area (Å²) in [5, 5.41) is 5.58. The van der Waals surface area contributed by atoms with Gasteiger partial charge in [0.2, 0.25) is 0 Å². The highest BCUT2D eigenvalue weighted by Crippen LogP contribution is 2.10. The van der Waals surface area contributed by atoms with E-state index in [0.717, 1.165) is 4.47 Å². The Balaban J connectivity index is 2.37. The second-order valence-electron chi connectivity index (χ2n) is 3.60. The van der Waals surface area contributed by atoms with Crippen molar-refractivity contribution >= 4 is 21.8 Å². The Labute approximate surface area is 115 Å². The van der Waals surface area contributed by atoms with Crippen LogP contribution in [-0.2, 0) is 0 Å². The normalized spacial score (nSPS) is 10.8.